The summed E-state index contributed by atoms with van der Waals surface area (Å²) in [5.74, 6) is -0.0672. The van der Waals surface area contributed by atoms with Gasteiger partial charge in [0.15, 0.2) is 0 Å². The van der Waals surface area contributed by atoms with Crippen molar-refractivity contribution in [2.75, 3.05) is 6.61 Å². The number of carboxylic acid groups (broad SMARTS) is 1. The smallest absolute Gasteiger partial charge is 0.306 e. The third-order valence-electron chi connectivity index (χ3n) is 2.82. The first-order valence-electron chi connectivity index (χ1n) is 4.75. The molecule has 13 heavy (non-hydrogen) atoms. The number of aliphatic carboxylic acids is 1. The summed E-state index contributed by atoms with van der Waals surface area (Å²) in [6.45, 7) is 0.722. The van der Waals surface area contributed by atoms with Crippen molar-refractivity contribution in [1.29, 1.82) is 0 Å². The van der Waals surface area contributed by atoms with Gasteiger partial charge in [-0.05, 0) is 38.0 Å². The molecule has 0 aliphatic heterocycles. The summed E-state index contributed by atoms with van der Waals surface area (Å²) in [7, 11) is 2.96. The lowest BCUT2D eigenvalue weighted by Gasteiger charge is -2.25. The normalized spacial score (nSPS) is 28.7. The summed E-state index contributed by atoms with van der Waals surface area (Å²) in [5.41, 5.74) is 0. The first-order valence-corrected chi connectivity index (χ1v) is 5.16. The van der Waals surface area contributed by atoms with E-state index in [0.29, 0.717) is 5.92 Å². The third kappa shape index (κ3) is 3.48. The number of carbonyl (C=O) groups is 1. The van der Waals surface area contributed by atoms with Gasteiger partial charge in [-0.3, -0.25) is 4.79 Å². The van der Waals surface area contributed by atoms with Gasteiger partial charge in [0.05, 0.1) is 5.92 Å². The fourth-order valence-corrected chi connectivity index (χ4v) is 2.04. The molecule has 0 amide bonds. The molecular weight excluding hydrogens is 184 g/mol. The number of hydrogen-bond donors (Lipinski definition) is 1. The molecule has 0 aromatic heterocycles. The maximum absolute atomic E-state index is 10.6. The Morgan fingerprint density at radius 2 is 2.00 bits per heavy atom. The molecule has 3 nitrogen and oxygen atoms in total. The summed E-state index contributed by atoms with van der Waals surface area (Å²) in [6, 6.07) is 0. The Labute approximate surface area is 82.0 Å². The highest BCUT2D eigenvalue weighted by Crippen LogP contribution is 2.30. The van der Waals surface area contributed by atoms with Crippen molar-refractivity contribution < 1.29 is 14.3 Å². The summed E-state index contributed by atoms with van der Waals surface area (Å²) in [4.78, 5) is 10.6. The zero-order valence-corrected chi connectivity index (χ0v) is 8.66. The molecule has 73 valence electrons. The number of carboxylic acids is 1. The van der Waals surface area contributed by atoms with Gasteiger partial charge < -0.3 is 9.53 Å². The monoisotopic (exact) mass is 199 g/mol. The van der Waals surface area contributed by atoms with Crippen LogP contribution in [0.1, 0.15) is 32.1 Å². The average Bonchev–Trinajstić information content (AvgIpc) is 2.15. The lowest BCUT2D eigenvalue weighted by molar-refractivity contribution is -0.143. The topological polar surface area (TPSA) is 46.5 Å². The second-order valence-corrected chi connectivity index (χ2v) is 3.98. The van der Waals surface area contributed by atoms with Gasteiger partial charge in [0.1, 0.15) is 0 Å². The minimum Gasteiger partial charge on any atom is -0.481 e. The molecule has 0 saturated heterocycles. The van der Waals surface area contributed by atoms with Crippen molar-refractivity contribution in [3.63, 3.8) is 0 Å². The van der Waals surface area contributed by atoms with Crippen LogP contribution in [0.3, 0.4) is 0 Å². The van der Waals surface area contributed by atoms with E-state index in [-0.39, 0.29) is 5.92 Å². The van der Waals surface area contributed by atoms with Gasteiger partial charge in [0.2, 0.25) is 10.5 Å². The van der Waals surface area contributed by atoms with E-state index >= 15 is 0 Å². The molecule has 0 spiro atoms. The van der Waals surface area contributed by atoms with E-state index in [0.717, 1.165) is 38.7 Å². The molecule has 1 fully saturated rings. The van der Waals surface area contributed by atoms with Crippen LogP contribution in [0.15, 0.2) is 0 Å². The average molecular weight is 199 g/mol. The van der Waals surface area contributed by atoms with Gasteiger partial charge >= 0.3 is 5.97 Å². The molecule has 1 aliphatic carbocycles. The van der Waals surface area contributed by atoms with Crippen LogP contribution in [-0.2, 0) is 9.22 Å². The number of hydrogen-bond acceptors (Lipinski definition) is 2. The van der Waals surface area contributed by atoms with Crippen LogP contribution < -0.4 is 0 Å². The third-order valence-corrected chi connectivity index (χ3v) is 3.03. The molecular formula is C9H15O3Si. The van der Waals surface area contributed by atoms with Gasteiger partial charge in [-0.15, -0.1) is 0 Å². The Morgan fingerprint density at radius 1 is 1.38 bits per heavy atom. The zero-order valence-electron chi connectivity index (χ0n) is 7.66. The molecule has 0 aromatic carbocycles. The van der Waals surface area contributed by atoms with Crippen molar-refractivity contribution in [3.8, 4) is 0 Å². The lowest BCUT2D eigenvalue weighted by atomic mass is 9.81. The first-order chi connectivity index (χ1) is 6.24. The van der Waals surface area contributed by atoms with Gasteiger partial charge in [-0.25, -0.2) is 0 Å². The summed E-state index contributed by atoms with van der Waals surface area (Å²) in [5, 5.41) is 8.77. The Bertz CT molecular complexity index is 164. The Balaban J connectivity index is 2.18. The minimum absolute atomic E-state index is 0.0966. The van der Waals surface area contributed by atoms with Crippen molar-refractivity contribution in [1.82, 2.24) is 0 Å². The van der Waals surface area contributed by atoms with E-state index in [1.54, 1.807) is 0 Å². The SMILES string of the molecule is O=C(O)C1CCC(CCO[Si])CC1. The molecule has 0 bridgehead atoms. The summed E-state index contributed by atoms with van der Waals surface area (Å²) in [6.07, 6.45) is 4.78. The van der Waals surface area contributed by atoms with Crippen LogP contribution in [0.2, 0.25) is 0 Å². The van der Waals surface area contributed by atoms with Gasteiger partial charge in [-0.2, -0.15) is 0 Å². The second-order valence-electron chi connectivity index (χ2n) is 3.69. The van der Waals surface area contributed by atoms with Crippen LogP contribution in [0.5, 0.6) is 0 Å². The molecule has 0 aromatic rings. The Morgan fingerprint density at radius 3 is 2.46 bits per heavy atom. The molecule has 0 atom stereocenters. The predicted octanol–water partition coefficient (Wildman–Crippen LogP) is 1.37. The van der Waals surface area contributed by atoms with E-state index in [1.165, 1.54) is 0 Å². The molecule has 0 unspecified atom stereocenters. The highest BCUT2D eigenvalue weighted by atomic mass is 28.2. The molecule has 1 N–H and O–H groups in total. The highest BCUT2D eigenvalue weighted by Gasteiger charge is 2.25. The van der Waals surface area contributed by atoms with Gasteiger partial charge in [0.25, 0.3) is 0 Å². The molecule has 0 heterocycles. The van der Waals surface area contributed by atoms with E-state index in [9.17, 15) is 4.79 Å². The fraction of sp³-hybridized carbons (Fsp3) is 0.889. The highest BCUT2D eigenvalue weighted by molar-refractivity contribution is 5.97. The summed E-state index contributed by atoms with van der Waals surface area (Å²) >= 11 is 0. The van der Waals surface area contributed by atoms with E-state index in [4.69, 9.17) is 9.53 Å². The van der Waals surface area contributed by atoms with Crippen LogP contribution in [-0.4, -0.2) is 28.2 Å². The Hall–Kier alpha value is -0.353. The van der Waals surface area contributed by atoms with Crippen LogP contribution in [0, 0.1) is 11.8 Å². The van der Waals surface area contributed by atoms with Crippen LogP contribution in [0.4, 0.5) is 0 Å². The zero-order chi connectivity index (χ0) is 9.68. The molecule has 1 aliphatic rings. The van der Waals surface area contributed by atoms with Crippen molar-refractivity contribution in [2.24, 2.45) is 11.8 Å². The van der Waals surface area contributed by atoms with Crippen molar-refractivity contribution in [2.45, 2.75) is 32.1 Å². The largest absolute Gasteiger partial charge is 0.481 e. The molecule has 1 rings (SSSR count). The number of rotatable bonds is 4. The van der Waals surface area contributed by atoms with Crippen molar-refractivity contribution in [3.05, 3.63) is 0 Å². The summed E-state index contributed by atoms with van der Waals surface area (Å²) < 4.78 is 4.81. The van der Waals surface area contributed by atoms with Crippen LogP contribution in [0.25, 0.3) is 0 Å². The van der Waals surface area contributed by atoms with Gasteiger partial charge in [-0.1, -0.05) is 0 Å². The fourth-order valence-electron chi connectivity index (χ4n) is 1.92. The minimum atomic E-state index is -0.630. The maximum Gasteiger partial charge on any atom is 0.306 e. The lowest BCUT2D eigenvalue weighted by Crippen LogP contribution is -2.21. The van der Waals surface area contributed by atoms with E-state index < -0.39 is 5.97 Å². The molecule has 1 saturated carbocycles. The van der Waals surface area contributed by atoms with Gasteiger partial charge in [0, 0.05) is 6.61 Å². The quantitative estimate of drug-likeness (QED) is 0.696. The Kier molecular flexibility index (Phi) is 4.45. The van der Waals surface area contributed by atoms with Crippen LogP contribution >= 0.6 is 0 Å². The van der Waals surface area contributed by atoms with E-state index in [2.05, 4.69) is 10.5 Å². The first kappa shape index (κ1) is 10.7. The molecule has 4 heteroatoms. The van der Waals surface area contributed by atoms with Crippen molar-refractivity contribution >= 4 is 16.5 Å². The standard InChI is InChI=1S/C9H15O3Si/c10-9(11)8-3-1-7(2-4-8)5-6-12-13/h7-8H,1-6H2,(H,10,11). The van der Waals surface area contributed by atoms with E-state index in [1.807, 2.05) is 0 Å². The molecule has 3 radical (unpaired) electrons. The predicted molar refractivity (Wildman–Crippen MR) is 49.4 cm³/mol. The second kappa shape index (κ2) is 5.39. The maximum atomic E-state index is 10.6.